The van der Waals surface area contributed by atoms with E-state index in [2.05, 4.69) is 36.5 Å². The van der Waals surface area contributed by atoms with Gasteiger partial charge in [-0.2, -0.15) is 5.10 Å². The summed E-state index contributed by atoms with van der Waals surface area (Å²) in [6.45, 7) is 4.28. The molecule has 1 N–H and O–H groups in total. The molecule has 1 rings (SSSR count). The number of nitrogens with zero attached hydrogens (tertiary/aromatic N) is 1. The molecule has 0 aliphatic heterocycles. The molecule has 21 heavy (non-hydrogen) atoms. The molecule has 0 saturated carbocycles. The zero-order chi connectivity index (χ0) is 15.3. The average molecular weight is 288 g/mol. The van der Waals surface area contributed by atoms with Gasteiger partial charge in [0.05, 0.1) is 0 Å². The van der Waals surface area contributed by atoms with Crippen LogP contribution in [0.1, 0.15) is 70.3 Å². The normalized spacial score (nSPS) is 12.5. The Bertz CT molecular complexity index is 414. The zero-order valence-electron chi connectivity index (χ0n) is 13.3. The second kappa shape index (κ2) is 11.1. The Hall–Kier alpha value is -1.64. The van der Waals surface area contributed by atoms with Gasteiger partial charge in [0.2, 0.25) is 5.91 Å². The van der Waals surface area contributed by atoms with Crippen molar-refractivity contribution >= 4 is 12.1 Å². The lowest BCUT2D eigenvalue weighted by molar-refractivity contribution is -0.121. The minimum absolute atomic E-state index is 0.0157. The third kappa shape index (κ3) is 8.28. The van der Waals surface area contributed by atoms with E-state index in [0.29, 0.717) is 6.42 Å². The summed E-state index contributed by atoms with van der Waals surface area (Å²) in [6, 6.07) is 10.1. The van der Waals surface area contributed by atoms with Gasteiger partial charge in [-0.25, -0.2) is 5.43 Å². The molecule has 0 saturated heterocycles. The van der Waals surface area contributed by atoms with E-state index in [9.17, 15) is 4.79 Å². The fraction of sp³-hybridized carbons (Fsp3) is 0.556. The lowest BCUT2D eigenvalue weighted by atomic mass is 10.0. The van der Waals surface area contributed by atoms with E-state index in [-0.39, 0.29) is 11.8 Å². The molecule has 116 valence electrons. The van der Waals surface area contributed by atoms with Crippen molar-refractivity contribution in [3.8, 4) is 0 Å². The Morgan fingerprint density at radius 1 is 1.14 bits per heavy atom. The number of rotatable bonds is 10. The van der Waals surface area contributed by atoms with E-state index in [1.807, 2.05) is 18.2 Å². The summed E-state index contributed by atoms with van der Waals surface area (Å²) < 4.78 is 0. The van der Waals surface area contributed by atoms with Crippen LogP contribution in [0.25, 0.3) is 0 Å². The highest BCUT2D eigenvalue weighted by molar-refractivity contribution is 5.77. The van der Waals surface area contributed by atoms with E-state index < -0.39 is 0 Å². The van der Waals surface area contributed by atoms with E-state index in [1.165, 1.54) is 31.2 Å². The molecule has 3 nitrogen and oxygen atoms in total. The van der Waals surface area contributed by atoms with Crippen LogP contribution in [-0.4, -0.2) is 12.1 Å². The molecule has 0 aromatic heterocycles. The van der Waals surface area contributed by atoms with Crippen molar-refractivity contribution in [3.63, 3.8) is 0 Å². The summed E-state index contributed by atoms with van der Waals surface area (Å²) in [5.74, 6) is 0.225. The van der Waals surface area contributed by atoms with Gasteiger partial charge >= 0.3 is 0 Å². The lowest BCUT2D eigenvalue weighted by Gasteiger charge is -2.05. The second-order valence-corrected chi connectivity index (χ2v) is 5.53. The average Bonchev–Trinajstić information content (AvgIpc) is 2.51. The molecule has 0 aliphatic carbocycles. The lowest BCUT2D eigenvalue weighted by Crippen LogP contribution is -2.17. The van der Waals surface area contributed by atoms with Crippen LogP contribution in [0.2, 0.25) is 0 Å². The van der Waals surface area contributed by atoms with Gasteiger partial charge in [-0.3, -0.25) is 4.79 Å². The predicted molar refractivity (Wildman–Crippen MR) is 89.5 cm³/mol. The van der Waals surface area contributed by atoms with Crippen LogP contribution in [0.5, 0.6) is 0 Å². The van der Waals surface area contributed by atoms with Crippen LogP contribution in [0.4, 0.5) is 0 Å². The number of carbonyl (C=O) groups excluding carboxylic acids is 1. The van der Waals surface area contributed by atoms with Gasteiger partial charge < -0.3 is 0 Å². The van der Waals surface area contributed by atoms with Gasteiger partial charge in [-0.05, 0) is 12.0 Å². The maximum Gasteiger partial charge on any atom is 0.240 e. The smallest absolute Gasteiger partial charge is 0.240 e. The van der Waals surface area contributed by atoms with Crippen molar-refractivity contribution in [2.24, 2.45) is 5.10 Å². The van der Waals surface area contributed by atoms with Crippen LogP contribution in [0.15, 0.2) is 35.4 Å². The molecule has 0 unspecified atom stereocenters. The maximum atomic E-state index is 11.6. The van der Waals surface area contributed by atoms with Gasteiger partial charge in [0.1, 0.15) is 0 Å². The van der Waals surface area contributed by atoms with Crippen molar-refractivity contribution in [2.45, 2.75) is 64.7 Å². The fourth-order valence-corrected chi connectivity index (χ4v) is 2.19. The van der Waals surface area contributed by atoms with Crippen molar-refractivity contribution in [1.82, 2.24) is 5.43 Å². The predicted octanol–water partition coefficient (Wildman–Crippen LogP) is 4.64. The minimum Gasteiger partial charge on any atom is -0.273 e. The quantitative estimate of drug-likeness (QED) is 0.380. The molecule has 1 aromatic carbocycles. The first-order chi connectivity index (χ1) is 10.2. The number of hydrogen-bond donors (Lipinski definition) is 1. The van der Waals surface area contributed by atoms with E-state index in [4.69, 9.17) is 0 Å². The Balaban J connectivity index is 2.13. The van der Waals surface area contributed by atoms with Crippen molar-refractivity contribution in [1.29, 1.82) is 0 Å². The first kappa shape index (κ1) is 17.4. The third-order valence-electron chi connectivity index (χ3n) is 3.57. The molecule has 0 heterocycles. The number of hydrogen-bond acceptors (Lipinski definition) is 2. The molecule has 0 bridgehead atoms. The molecule has 1 amide bonds. The fourth-order valence-electron chi connectivity index (χ4n) is 2.19. The van der Waals surface area contributed by atoms with Gasteiger partial charge in [-0.15, -0.1) is 0 Å². The molecule has 0 spiro atoms. The zero-order valence-corrected chi connectivity index (χ0v) is 13.3. The van der Waals surface area contributed by atoms with Gasteiger partial charge in [0.25, 0.3) is 0 Å². The van der Waals surface area contributed by atoms with E-state index in [0.717, 1.165) is 12.8 Å². The summed E-state index contributed by atoms with van der Waals surface area (Å²) in [6.07, 6.45) is 9.53. The number of nitrogens with one attached hydrogen (secondary N) is 1. The summed E-state index contributed by atoms with van der Waals surface area (Å²) in [5, 5.41) is 4.05. The maximum absolute atomic E-state index is 11.6. The monoisotopic (exact) mass is 288 g/mol. The number of hydrazone groups is 1. The van der Waals surface area contributed by atoms with Crippen LogP contribution in [0.3, 0.4) is 0 Å². The summed E-state index contributed by atoms with van der Waals surface area (Å²) in [4.78, 5) is 11.6. The van der Waals surface area contributed by atoms with Gasteiger partial charge in [0.15, 0.2) is 0 Å². The topological polar surface area (TPSA) is 41.5 Å². The SMILES string of the molecule is CCCCCCCCC(=O)N/N=C\[C@@H](C)c1ccccc1. The van der Waals surface area contributed by atoms with Crippen molar-refractivity contribution in [2.75, 3.05) is 0 Å². The number of amides is 1. The highest BCUT2D eigenvalue weighted by atomic mass is 16.2. The molecule has 1 atom stereocenters. The van der Waals surface area contributed by atoms with Gasteiger partial charge in [0, 0.05) is 18.6 Å². The third-order valence-corrected chi connectivity index (χ3v) is 3.57. The van der Waals surface area contributed by atoms with Crippen LogP contribution < -0.4 is 5.43 Å². The van der Waals surface area contributed by atoms with Crippen molar-refractivity contribution < 1.29 is 4.79 Å². The number of benzene rings is 1. The van der Waals surface area contributed by atoms with Crippen LogP contribution >= 0.6 is 0 Å². The molecule has 3 heteroatoms. The molecular formula is C18H28N2O. The molecule has 0 aliphatic rings. The standard InChI is InChI=1S/C18H28N2O/c1-3-4-5-6-7-11-14-18(21)20-19-15-16(2)17-12-9-8-10-13-17/h8-10,12-13,15-16H,3-7,11,14H2,1-2H3,(H,20,21)/b19-15-/t16-/m1/s1. The van der Waals surface area contributed by atoms with Crippen LogP contribution in [0, 0.1) is 0 Å². The molecular weight excluding hydrogens is 260 g/mol. The molecule has 0 fully saturated rings. The first-order valence-corrected chi connectivity index (χ1v) is 8.11. The van der Waals surface area contributed by atoms with E-state index >= 15 is 0 Å². The molecule has 1 aromatic rings. The first-order valence-electron chi connectivity index (χ1n) is 8.11. The molecule has 0 radical (unpaired) electrons. The highest BCUT2D eigenvalue weighted by Gasteiger charge is 2.02. The Morgan fingerprint density at radius 2 is 1.81 bits per heavy atom. The second-order valence-electron chi connectivity index (χ2n) is 5.53. The number of unbranched alkanes of at least 4 members (excludes halogenated alkanes) is 5. The summed E-state index contributed by atoms with van der Waals surface area (Å²) in [7, 11) is 0. The van der Waals surface area contributed by atoms with Crippen molar-refractivity contribution in [3.05, 3.63) is 35.9 Å². The van der Waals surface area contributed by atoms with Crippen LogP contribution in [-0.2, 0) is 4.79 Å². The Labute approximate surface area is 128 Å². The van der Waals surface area contributed by atoms with E-state index in [1.54, 1.807) is 6.21 Å². The Kier molecular flexibility index (Phi) is 9.18. The summed E-state index contributed by atoms with van der Waals surface area (Å²) >= 11 is 0. The largest absolute Gasteiger partial charge is 0.273 e. The highest BCUT2D eigenvalue weighted by Crippen LogP contribution is 2.11. The minimum atomic E-state index is 0.0157. The van der Waals surface area contributed by atoms with Gasteiger partial charge in [-0.1, -0.05) is 76.3 Å². The Morgan fingerprint density at radius 3 is 2.52 bits per heavy atom. The number of carbonyl (C=O) groups is 1. The summed E-state index contributed by atoms with van der Waals surface area (Å²) in [5.41, 5.74) is 3.82.